The number of nitrogens with zero attached hydrogens (tertiary/aromatic N) is 1. The first-order valence-electron chi connectivity index (χ1n) is 10.6. The normalized spacial score (nSPS) is 21.6. The number of piperidine rings is 1. The zero-order chi connectivity index (χ0) is 20.6. The van der Waals surface area contributed by atoms with Gasteiger partial charge < -0.3 is 14.7 Å². The summed E-state index contributed by atoms with van der Waals surface area (Å²) in [6.07, 6.45) is 0.687. The molecule has 0 aromatic heterocycles. The Morgan fingerprint density at radius 1 is 1.03 bits per heavy atom. The van der Waals surface area contributed by atoms with Crippen molar-refractivity contribution in [1.82, 2.24) is 4.90 Å². The van der Waals surface area contributed by atoms with Gasteiger partial charge in [-0.1, -0.05) is 69.3 Å². The van der Waals surface area contributed by atoms with Gasteiger partial charge in [-0.15, -0.1) is 0 Å². The van der Waals surface area contributed by atoms with Crippen LogP contribution >= 0.6 is 0 Å². The van der Waals surface area contributed by atoms with E-state index in [0.29, 0.717) is 25.6 Å². The minimum Gasteiger partial charge on any atom is -0.448 e. The summed E-state index contributed by atoms with van der Waals surface area (Å²) in [4.78, 5) is 14.7. The fraction of sp³-hybridized carbons (Fsp3) is 0.480. The van der Waals surface area contributed by atoms with Crippen LogP contribution in [0.4, 0.5) is 4.79 Å². The van der Waals surface area contributed by atoms with Crippen molar-refractivity contribution in [2.75, 3.05) is 26.3 Å². The molecule has 2 aromatic rings. The number of likely N-dealkylation sites (tertiary alicyclic amines) is 1. The summed E-state index contributed by atoms with van der Waals surface area (Å²) >= 11 is 0. The highest BCUT2D eigenvalue weighted by Crippen LogP contribution is 2.44. The molecule has 2 aromatic carbocycles. The van der Waals surface area contributed by atoms with Crippen molar-refractivity contribution in [3.05, 3.63) is 59.7 Å². The second-order valence-electron chi connectivity index (χ2n) is 9.56. The molecule has 0 radical (unpaired) electrons. The predicted octanol–water partition coefficient (Wildman–Crippen LogP) is 4.91. The van der Waals surface area contributed by atoms with Crippen molar-refractivity contribution in [1.29, 1.82) is 0 Å². The van der Waals surface area contributed by atoms with Crippen molar-refractivity contribution in [3.8, 4) is 11.1 Å². The van der Waals surface area contributed by atoms with Crippen LogP contribution in [-0.2, 0) is 4.74 Å². The van der Waals surface area contributed by atoms with Gasteiger partial charge >= 0.3 is 6.09 Å². The highest BCUT2D eigenvalue weighted by atomic mass is 16.6. The molecule has 29 heavy (non-hydrogen) atoms. The molecule has 0 bridgehead atoms. The lowest BCUT2D eigenvalue weighted by Crippen LogP contribution is -2.48. The summed E-state index contributed by atoms with van der Waals surface area (Å²) in [5, 5.41) is 9.72. The van der Waals surface area contributed by atoms with E-state index in [-0.39, 0.29) is 30.0 Å². The third kappa shape index (κ3) is 3.91. The summed E-state index contributed by atoms with van der Waals surface area (Å²) in [7, 11) is 0. The van der Waals surface area contributed by atoms with E-state index >= 15 is 0 Å². The molecule has 1 amide bonds. The number of benzene rings is 2. The molecule has 1 saturated heterocycles. The minimum absolute atomic E-state index is 0.0724. The van der Waals surface area contributed by atoms with Crippen molar-refractivity contribution < 1.29 is 14.6 Å². The summed E-state index contributed by atoms with van der Waals surface area (Å²) in [6, 6.07) is 16.7. The fourth-order valence-electron chi connectivity index (χ4n) is 4.80. The van der Waals surface area contributed by atoms with Crippen LogP contribution < -0.4 is 0 Å². The van der Waals surface area contributed by atoms with Crippen LogP contribution in [0.2, 0.25) is 0 Å². The van der Waals surface area contributed by atoms with Crippen molar-refractivity contribution >= 4 is 6.09 Å². The van der Waals surface area contributed by atoms with Gasteiger partial charge in [0.1, 0.15) is 6.61 Å². The number of ether oxygens (including phenoxy) is 1. The van der Waals surface area contributed by atoms with E-state index in [1.807, 2.05) is 12.1 Å². The van der Waals surface area contributed by atoms with Gasteiger partial charge in [0.25, 0.3) is 0 Å². The molecule has 2 aliphatic rings. The third-order valence-electron chi connectivity index (χ3n) is 6.61. The largest absolute Gasteiger partial charge is 0.448 e. The van der Waals surface area contributed by atoms with Crippen LogP contribution in [0, 0.1) is 17.3 Å². The Kier molecular flexibility index (Phi) is 5.39. The van der Waals surface area contributed by atoms with Crippen LogP contribution in [0.3, 0.4) is 0 Å². The fourth-order valence-corrected chi connectivity index (χ4v) is 4.80. The number of carbonyl (C=O) groups is 1. The average Bonchev–Trinajstić information content (AvgIpc) is 3.05. The van der Waals surface area contributed by atoms with Crippen molar-refractivity contribution in [2.45, 2.75) is 33.1 Å². The second-order valence-corrected chi connectivity index (χ2v) is 9.56. The molecule has 1 fully saturated rings. The number of aliphatic hydroxyl groups excluding tert-OH is 1. The molecule has 1 aliphatic carbocycles. The molecule has 4 rings (SSSR count). The summed E-state index contributed by atoms with van der Waals surface area (Å²) in [6.45, 7) is 8.32. The minimum atomic E-state index is -0.265. The van der Waals surface area contributed by atoms with Gasteiger partial charge in [0, 0.05) is 31.5 Å². The third-order valence-corrected chi connectivity index (χ3v) is 6.61. The van der Waals surface area contributed by atoms with E-state index < -0.39 is 0 Å². The average molecular weight is 394 g/mol. The first-order valence-corrected chi connectivity index (χ1v) is 10.6. The molecule has 4 nitrogen and oxygen atoms in total. The van der Waals surface area contributed by atoms with Gasteiger partial charge in [-0.2, -0.15) is 0 Å². The quantitative estimate of drug-likeness (QED) is 0.806. The van der Waals surface area contributed by atoms with Gasteiger partial charge in [-0.05, 0) is 40.0 Å². The molecule has 1 heterocycles. The maximum absolute atomic E-state index is 12.9. The summed E-state index contributed by atoms with van der Waals surface area (Å²) in [5.74, 6) is 0.547. The monoisotopic (exact) mass is 393 g/mol. The smallest absolute Gasteiger partial charge is 0.409 e. The first kappa shape index (κ1) is 20.0. The molecular weight excluding hydrogens is 362 g/mol. The molecule has 0 saturated carbocycles. The Bertz CT molecular complexity index is 840. The molecule has 154 valence electrons. The maximum Gasteiger partial charge on any atom is 0.409 e. The van der Waals surface area contributed by atoms with Crippen LogP contribution in [0.1, 0.15) is 44.2 Å². The van der Waals surface area contributed by atoms with E-state index in [1.165, 1.54) is 22.3 Å². The zero-order valence-electron chi connectivity index (χ0n) is 17.6. The number of aliphatic hydroxyl groups is 1. The Hall–Kier alpha value is -2.33. The summed E-state index contributed by atoms with van der Waals surface area (Å²) in [5.41, 5.74) is 5.00. The Balaban J connectivity index is 1.48. The number of rotatable bonds is 3. The van der Waals surface area contributed by atoms with Gasteiger partial charge in [-0.25, -0.2) is 4.79 Å². The Morgan fingerprint density at radius 2 is 1.62 bits per heavy atom. The molecule has 0 spiro atoms. The number of hydrogen-bond acceptors (Lipinski definition) is 3. The number of amides is 1. The number of fused-ring (bicyclic) bond motifs is 3. The lowest BCUT2D eigenvalue weighted by Gasteiger charge is -2.42. The topological polar surface area (TPSA) is 49.8 Å². The lowest BCUT2D eigenvalue weighted by atomic mass is 9.73. The van der Waals surface area contributed by atoms with Crippen molar-refractivity contribution in [2.24, 2.45) is 17.3 Å². The van der Waals surface area contributed by atoms with Crippen LogP contribution in [0.5, 0.6) is 0 Å². The standard InChI is InChI=1S/C25H31NO3/c1-25(2,3)18-12-17(15-27)13-26(14-18)24(28)29-16-23-21-10-6-4-8-19(21)20-9-5-7-11-22(20)23/h4-11,17-18,23,27H,12-16H2,1-3H3/t17-,18+/m0/s1. The van der Waals surface area contributed by atoms with E-state index in [4.69, 9.17) is 4.74 Å². The predicted molar refractivity (Wildman–Crippen MR) is 115 cm³/mol. The van der Waals surface area contributed by atoms with Crippen LogP contribution in [0.15, 0.2) is 48.5 Å². The van der Waals surface area contributed by atoms with Gasteiger partial charge in [0.2, 0.25) is 0 Å². The van der Waals surface area contributed by atoms with Crippen molar-refractivity contribution in [3.63, 3.8) is 0 Å². The highest BCUT2D eigenvalue weighted by Gasteiger charge is 2.37. The SMILES string of the molecule is CC(C)(C)[C@@H]1C[C@H](CO)CN(C(=O)OCC2c3ccccc3-c3ccccc32)C1. The number of hydrogen-bond donors (Lipinski definition) is 1. The highest BCUT2D eigenvalue weighted by molar-refractivity contribution is 5.79. The molecule has 1 N–H and O–H groups in total. The maximum atomic E-state index is 12.9. The van der Waals surface area contributed by atoms with E-state index in [9.17, 15) is 9.90 Å². The van der Waals surface area contributed by atoms with Gasteiger partial charge in [0.15, 0.2) is 0 Å². The van der Waals surface area contributed by atoms with Crippen LogP contribution in [-0.4, -0.2) is 42.4 Å². The van der Waals surface area contributed by atoms with E-state index in [1.54, 1.807) is 4.90 Å². The molecule has 2 atom stereocenters. The lowest BCUT2D eigenvalue weighted by molar-refractivity contribution is 0.0270. The number of carbonyl (C=O) groups excluding carboxylic acids is 1. The van der Waals surface area contributed by atoms with E-state index in [0.717, 1.165) is 6.42 Å². The molecule has 1 aliphatic heterocycles. The zero-order valence-corrected chi connectivity index (χ0v) is 17.6. The summed E-state index contributed by atoms with van der Waals surface area (Å²) < 4.78 is 5.84. The molecule has 0 unspecified atom stereocenters. The molecule has 4 heteroatoms. The molecular formula is C25H31NO3. The Morgan fingerprint density at radius 3 is 2.17 bits per heavy atom. The second kappa shape index (κ2) is 7.83. The first-order chi connectivity index (χ1) is 13.9. The Labute approximate surface area is 173 Å². The van der Waals surface area contributed by atoms with Crippen LogP contribution in [0.25, 0.3) is 11.1 Å². The van der Waals surface area contributed by atoms with E-state index in [2.05, 4.69) is 57.2 Å². The van der Waals surface area contributed by atoms with Gasteiger partial charge in [-0.3, -0.25) is 0 Å². The van der Waals surface area contributed by atoms with Gasteiger partial charge in [0.05, 0.1) is 0 Å².